The summed E-state index contributed by atoms with van der Waals surface area (Å²) >= 11 is 0. The van der Waals surface area contributed by atoms with Crippen LogP contribution in [0.25, 0.3) is 0 Å². The fourth-order valence-electron chi connectivity index (χ4n) is 1.80. The number of rotatable bonds is 1. The number of amides is 2. The molecule has 1 aromatic rings. The molecular formula is C10H14N4O2. The number of carbonyl (C=O) groups excluding carboxylic acids is 2. The molecule has 1 aliphatic heterocycles. The molecule has 16 heavy (non-hydrogen) atoms. The van der Waals surface area contributed by atoms with Crippen LogP contribution in [0.2, 0.25) is 0 Å². The summed E-state index contributed by atoms with van der Waals surface area (Å²) in [4.78, 5) is 24.6. The molecule has 0 aromatic carbocycles. The lowest BCUT2D eigenvalue weighted by Gasteiger charge is -2.18. The van der Waals surface area contributed by atoms with Crippen LogP contribution in [0.3, 0.4) is 0 Å². The highest BCUT2D eigenvalue weighted by Gasteiger charge is 2.23. The summed E-state index contributed by atoms with van der Waals surface area (Å²) < 4.78 is 1.66. The fraction of sp³-hybridized carbons (Fsp3) is 0.500. The smallest absolute Gasteiger partial charge is 0.246 e. The van der Waals surface area contributed by atoms with E-state index in [1.54, 1.807) is 15.8 Å². The summed E-state index contributed by atoms with van der Waals surface area (Å²) in [6.07, 6.45) is 2.13. The van der Waals surface area contributed by atoms with Crippen LogP contribution in [0, 0.1) is 6.92 Å². The first kappa shape index (κ1) is 10.7. The number of anilines is 1. The van der Waals surface area contributed by atoms with Gasteiger partial charge in [-0.05, 0) is 6.92 Å². The lowest BCUT2D eigenvalue weighted by Crippen LogP contribution is -2.35. The minimum Gasteiger partial charge on any atom is -0.347 e. The molecule has 0 saturated carbocycles. The first-order valence-corrected chi connectivity index (χ1v) is 5.15. The van der Waals surface area contributed by atoms with Crippen LogP contribution in [0.4, 0.5) is 5.69 Å². The van der Waals surface area contributed by atoms with Crippen molar-refractivity contribution in [2.45, 2.75) is 13.3 Å². The maximum Gasteiger partial charge on any atom is 0.246 e. The number of carbonyl (C=O) groups is 2. The Morgan fingerprint density at radius 1 is 1.44 bits per heavy atom. The number of hydrogen-bond donors (Lipinski definition) is 1. The highest BCUT2D eigenvalue weighted by molar-refractivity contribution is 5.99. The molecule has 0 bridgehead atoms. The molecule has 1 saturated heterocycles. The molecule has 0 radical (unpaired) electrons. The van der Waals surface area contributed by atoms with Crippen LogP contribution < -0.4 is 10.2 Å². The van der Waals surface area contributed by atoms with Crippen molar-refractivity contribution in [3.8, 4) is 0 Å². The summed E-state index contributed by atoms with van der Waals surface area (Å²) in [5.41, 5.74) is 1.58. The summed E-state index contributed by atoms with van der Waals surface area (Å²) in [5.74, 6) is -0.181. The van der Waals surface area contributed by atoms with Crippen molar-refractivity contribution in [1.29, 1.82) is 0 Å². The Morgan fingerprint density at radius 2 is 2.19 bits per heavy atom. The first-order valence-electron chi connectivity index (χ1n) is 5.15. The zero-order valence-corrected chi connectivity index (χ0v) is 9.36. The largest absolute Gasteiger partial charge is 0.347 e. The van der Waals surface area contributed by atoms with Gasteiger partial charge in [0.25, 0.3) is 0 Å². The maximum atomic E-state index is 11.8. The molecule has 2 rings (SSSR count). The Bertz CT molecular complexity index is 438. The van der Waals surface area contributed by atoms with Gasteiger partial charge in [0, 0.05) is 26.2 Å². The van der Waals surface area contributed by atoms with Gasteiger partial charge in [0.15, 0.2) is 0 Å². The highest BCUT2D eigenvalue weighted by Crippen LogP contribution is 2.19. The molecule has 0 aliphatic carbocycles. The lowest BCUT2D eigenvalue weighted by atomic mass is 10.3. The van der Waals surface area contributed by atoms with Crippen molar-refractivity contribution >= 4 is 17.5 Å². The minimum atomic E-state index is -0.0954. The second-order valence-corrected chi connectivity index (χ2v) is 3.85. The van der Waals surface area contributed by atoms with Crippen molar-refractivity contribution < 1.29 is 9.59 Å². The summed E-state index contributed by atoms with van der Waals surface area (Å²) in [6.45, 7) is 2.33. The third kappa shape index (κ3) is 1.91. The normalized spacial score (nSPS) is 17.2. The Balaban J connectivity index is 2.28. The van der Waals surface area contributed by atoms with Gasteiger partial charge in [-0.1, -0.05) is 0 Å². The number of hydrogen-bond acceptors (Lipinski definition) is 3. The lowest BCUT2D eigenvalue weighted by molar-refractivity contribution is -0.123. The number of nitrogens with one attached hydrogen (secondary N) is 1. The highest BCUT2D eigenvalue weighted by atomic mass is 16.2. The van der Waals surface area contributed by atoms with Gasteiger partial charge in [0.1, 0.15) is 0 Å². The molecule has 1 aliphatic rings. The topological polar surface area (TPSA) is 67.2 Å². The van der Waals surface area contributed by atoms with E-state index in [0.29, 0.717) is 13.0 Å². The van der Waals surface area contributed by atoms with Crippen molar-refractivity contribution in [1.82, 2.24) is 15.1 Å². The predicted molar refractivity (Wildman–Crippen MR) is 57.9 cm³/mol. The standard InChI is InChI=1S/C10H14N4O2/c1-7-8(6-13(2)12-7)14-4-3-9(15)11-5-10(14)16/h6H,3-5H2,1-2H3,(H,11,15). The molecule has 86 valence electrons. The SMILES string of the molecule is Cc1nn(C)cc1N1CCC(=O)NCC1=O. The van der Waals surface area contributed by atoms with E-state index in [0.717, 1.165) is 11.4 Å². The van der Waals surface area contributed by atoms with E-state index in [1.165, 1.54) is 0 Å². The Labute approximate surface area is 93.2 Å². The zero-order valence-electron chi connectivity index (χ0n) is 9.36. The van der Waals surface area contributed by atoms with Gasteiger partial charge in [-0.25, -0.2) is 0 Å². The van der Waals surface area contributed by atoms with Crippen LogP contribution in [0.15, 0.2) is 6.20 Å². The van der Waals surface area contributed by atoms with Gasteiger partial charge in [-0.15, -0.1) is 0 Å². The quantitative estimate of drug-likeness (QED) is 0.702. The van der Waals surface area contributed by atoms with Gasteiger partial charge in [-0.2, -0.15) is 5.10 Å². The Kier molecular flexibility index (Phi) is 2.64. The molecule has 6 heteroatoms. The van der Waals surface area contributed by atoms with Crippen molar-refractivity contribution in [2.24, 2.45) is 7.05 Å². The van der Waals surface area contributed by atoms with Crippen LogP contribution in [0.5, 0.6) is 0 Å². The third-order valence-corrected chi connectivity index (χ3v) is 2.58. The molecule has 1 fully saturated rings. The molecule has 0 unspecified atom stereocenters. The summed E-state index contributed by atoms with van der Waals surface area (Å²) in [6, 6.07) is 0. The number of aromatic nitrogens is 2. The molecule has 6 nitrogen and oxygen atoms in total. The molecule has 2 amide bonds. The Morgan fingerprint density at radius 3 is 2.81 bits per heavy atom. The van der Waals surface area contributed by atoms with Crippen LogP contribution in [-0.4, -0.2) is 34.7 Å². The molecule has 0 atom stereocenters. The van der Waals surface area contributed by atoms with Crippen molar-refractivity contribution in [3.63, 3.8) is 0 Å². The maximum absolute atomic E-state index is 11.8. The van der Waals surface area contributed by atoms with Crippen molar-refractivity contribution in [3.05, 3.63) is 11.9 Å². The predicted octanol–water partition coefficient (Wildman–Crippen LogP) is -0.419. The van der Waals surface area contributed by atoms with Crippen LogP contribution >= 0.6 is 0 Å². The summed E-state index contributed by atoms with van der Waals surface area (Å²) in [7, 11) is 1.81. The number of nitrogens with zero attached hydrogens (tertiary/aromatic N) is 3. The van der Waals surface area contributed by atoms with Gasteiger partial charge < -0.3 is 10.2 Å². The molecule has 1 N–H and O–H groups in total. The second kappa shape index (κ2) is 3.96. The first-order chi connectivity index (χ1) is 7.58. The fourth-order valence-corrected chi connectivity index (χ4v) is 1.80. The van der Waals surface area contributed by atoms with E-state index in [-0.39, 0.29) is 18.4 Å². The van der Waals surface area contributed by atoms with Gasteiger partial charge >= 0.3 is 0 Å². The van der Waals surface area contributed by atoms with Crippen LogP contribution in [-0.2, 0) is 16.6 Å². The van der Waals surface area contributed by atoms with E-state index in [9.17, 15) is 9.59 Å². The second-order valence-electron chi connectivity index (χ2n) is 3.85. The molecule has 1 aromatic heterocycles. The van der Waals surface area contributed by atoms with Crippen LogP contribution in [0.1, 0.15) is 12.1 Å². The minimum absolute atomic E-state index is 0.0627. The van der Waals surface area contributed by atoms with E-state index in [1.807, 2.05) is 14.0 Å². The van der Waals surface area contributed by atoms with E-state index < -0.39 is 0 Å². The Hall–Kier alpha value is -1.85. The number of aryl methyl sites for hydroxylation is 2. The average Bonchev–Trinajstić information content (AvgIpc) is 2.45. The monoisotopic (exact) mass is 222 g/mol. The van der Waals surface area contributed by atoms with E-state index in [2.05, 4.69) is 10.4 Å². The third-order valence-electron chi connectivity index (χ3n) is 2.58. The average molecular weight is 222 g/mol. The zero-order chi connectivity index (χ0) is 11.7. The van der Waals surface area contributed by atoms with E-state index >= 15 is 0 Å². The molecular weight excluding hydrogens is 208 g/mol. The van der Waals surface area contributed by atoms with Gasteiger partial charge in [0.2, 0.25) is 11.8 Å². The molecule has 2 heterocycles. The summed E-state index contributed by atoms with van der Waals surface area (Å²) in [5, 5.41) is 6.75. The van der Waals surface area contributed by atoms with Crippen molar-refractivity contribution in [2.75, 3.05) is 18.0 Å². The molecule has 0 spiro atoms. The van der Waals surface area contributed by atoms with Gasteiger partial charge in [0.05, 0.1) is 17.9 Å². The van der Waals surface area contributed by atoms with Gasteiger partial charge in [-0.3, -0.25) is 14.3 Å². The van der Waals surface area contributed by atoms with E-state index in [4.69, 9.17) is 0 Å².